The molecule has 4 heterocycles. The average molecular weight is 499 g/mol. The Morgan fingerprint density at radius 2 is 1.83 bits per heavy atom. The first kappa shape index (κ1) is 22.5. The number of hydrogen-bond donors (Lipinski definition) is 1. The SMILES string of the molecule is Cc1cc(NC(=O)c2cnn(-c3cccc4nc(Cl)ccc34)c2C(F)(F)F)cnc1-n1nccn1. The van der Waals surface area contributed by atoms with Crippen molar-refractivity contribution in [1.82, 2.24) is 34.7 Å². The molecule has 0 bridgehead atoms. The number of nitrogens with zero attached hydrogens (tertiary/aromatic N) is 7. The van der Waals surface area contributed by atoms with Gasteiger partial charge in [0.1, 0.15) is 5.15 Å². The molecule has 0 unspecified atom stereocenters. The number of anilines is 1. The van der Waals surface area contributed by atoms with E-state index in [-0.39, 0.29) is 16.5 Å². The fourth-order valence-electron chi connectivity index (χ4n) is 3.64. The van der Waals surface area contributed by atoms with Crippen LogP contribution in [0.4, 0.5) is 18.9 Å². The molecule has 0 atom stereocenters. The van der Waals surface area contributed by atoms with Crippen LogP contribution in [-0.4, -0.2) is 40.6 Å². The van der Waals surface area contributed by atoms with Crippen LogP contribution >= 0.6 is 11.6 Å². The second-order valence-electron chi connectivity index (χ2n) is 7.43. The number of aromatic nitrogens is 7. The van der Waals surface area contributed by atoms with Crippen LogP contribution in [0, 0.1) is 6.92 Å². The van der Waals surface area contributed by atoms with Crippen molar-refractivity contribution in [2.75, 3.05) is 5.32 Å². The summed E-state index contributed by atoms with van der Waals surface area (Å²) in [5.41, 5.74) is -0.572. The Morgan fingerprint density at radius 3 is 2.54 bits per heavy atom. The lowest BCUT2D eigenvalue weighted by atomic mass is 10.1. The first-order chi connectivity index (χ1) is 16.7. The van der Waals surface area contributed by atoms with Crippen molar-refractivity contribution in [2.24, 2.45) is 0 Å². The fraction of sp³-hybridized carbons (Fsp3) is 0.0909. The van der Waals surface area contributed by atoms with Crippen LogP contribution in [0.2, 0.25) is 5.15 Å². The second-order valence-corrected chi connectivity index (χ2v) is 7.82. The molecule has 35 heavy (non-hydrogen) atoms. The Morgan fingerprint density at radius 1 is 1.06 bits per heavy atom. The third-order valence-corrected chi connectivity index (χ3v) is 5.31. The van der Waals surface area contributed by atoms with Crippen LogP contribution in [0.3, 0.4) is 0 Å². The zero-order chi connectivity index (χ0) is 24.7. The number of aryl methyl sites for hydroxylation is 1. The van der Waals surface area contributed by atoms with E-state index in [0.29, 0.717) is 27.0 Å². The molecule has 1 amide bonds. The Balaban J connectivity index is 1.53. The lowest BCUT2D eigenvalue weighted by Gasteiger charge is -2.14. The van der Waals surface area contributed by atoms with Gasteiger partial charge < -0.3 is 5.32 Å². The van der Waals surface area contributed by atoms with E-state index in [9.17, 15) is 18.0 Å². The lowest BCUT2D eigenvalue weighted by Crippen LogP contribution is -2.21. The summed E-state index contributed by atoms with van der Waals surface area (Å²) in [5, 5.41) is 14.9. The number of alkyl halides is 3. The van der Waals surface area contributed by atoms with E-state index in [0.717, 1.165) is 6.20 Å². The number of carbonyl (C=O) groups excluding carboxylic acids is 1. The Hall–Kier alpha value is -4.32. The minimum absolute atomic E-state index is 0.103. The molecule has 1 aromatic carbocycles. The molecule has 9 nitrogen and oxygen atoms in total. The van der Waals surface area contributed by atoms with Crippen molar-refractivity contribution >= 4 is 34.1 Å². The van der Waals surface area contributed by atoms with Gasteiger partial charge in [-0.3, -0.25) is 4.79 Å². The zero-order valence-corrected chi connectivity index (χ0v) is 18.6. The molecule has 0 aliphatic carbocycles. The van der Waals surface area contributed by atoms with E-state index in [1.165, 1.54) is 41.6 Å². The van der Waals surface area contributed by atoms with Crippen molar-refractivity contribution in [3.63, 3.8) is 0 Å². The third kappa shape index (κ3) is 4.19. The van der Waals surface area contributed by atoms with E-state index in [4.69, 9.17) is 11.6 Å². The van der Waals surface area contributed by atoms with Gasteiger partial charge in [0.05, 0.1) is 47.2 Å². The molecule has 0 aliphatic heterocycles. The van der Waals surface area contributed by atoms with Gasteiger partial charge in [-0.15, -0.1) is 4.80 Å². The molecule has 13 heteroatoms. The van der Waals surface area contributed by atoms with Gasteiger partial charge in [-0.2, -0.15) is 28.5 Å². The quantitative estimate of drug-likeness (QED) is 0.362. The lowest BCUT2D eigenvalue weighted by molar-refractivity contribution is -0.143. The molecule has 0 saturated heterocycles. The highest BCUT2D eigenvalue weighted by molar-refractivity contribution is 6.29. The fourth-order valence-corrected chi connectivity index (χ4v) is 3.79. The summed E-state index contributed by atoms with van der Waals surface area (Å²) in [6.07, 6.45) is 0.264. The Bertz CT molecular complexity index is 1560. The maximum absolute atomic E-state index is 14.2. The van der Waals surface area contributed by atoms with E-state index in [1.54, 1.807) is 25.1 Å². The third-order valence-electron chi connectivity index (χ3n) is 5.10. The molecule has 0 spiro atoms. The van der Waals surface area contributed by atoms with Gasteiger partial charge in [0, 0.05) is 5.39 Å². The number of amides is 1. The van der Waals surface area contributed by atoms with Crippen molar-refractivity contribution < 1.29 is 18.0 Å². The number of halogens is 4. The van der Waals surface area contributed by atoms with Gasteiger partial charge in [0.15, 0.2) is 11.5 Å². The number of nitrogens with one attached hydrogen (secondary N) is 1. The minimum atomic E-state index is -4.88. The molecule has 176 valence electrons. The van der Waals surface area contributed by atoms with Gasteiger partial charge in [-0.05, 0) is 42.8 Å². The first-order valence-corrected chi connectivity index (χ1v) is 10.5. The van der Waals surface area contributed by atoms with Gasteiger partial charge in [0.2, 0.25) is 0 Å². The van der Waals surface area contributed by atoms with E-state index in [1.807, 2.05) is 0 Å². The summed E-state index contributed by atoms with van der Waals surface area (Å²) in [5.74, 6) is -0.572. The molecule has 5 rings (SSSR count). The smallest absolute Gasteiger partial charge is 0.320 e. The predicted octanol–water partition coefficient (Wildman–Crippen LogP) is 4.63. The number of hydrogen-bond acceptors (Lipinski definition) is 6. The summed E-state index contributed by atoms with van der Waals surface area (Å²) in [7, 11) is 0. The average Bonchev–Trinajstić information content (AvgIpc) is 3.49. The second kappa shape index (κ2) is 8.47. The first-order valence-electron chi connectivity index (χ1n) is 10.1. The highest BCUT2D eigenvalue weighted by Gasteiger charge is 2.41. The van der Waals surface area contributed by atoms with Gasteiger partial charge >= 0.3 is 6.18 Å². The van der Waals surface area contributed by atoms with Gasteiger partial charge in [0.25, 0.3) is 5.91 Å². The summed E-state index contributed by atoms with van der Waals surface area (Å²) in [4.78, 5) is 22.5. The highest BCUT2D eigenvalue weighted by Crippen LogP contribution is 2.35. The number of rotatable bonds is 4. The van der Waals surface area contributed by atoms with Crippen LogP contribution in [0.5, 0.6) is 0 Å². The van der Waals surface area contributed by atoms with Crippen molar-refractivity contribution in [3.05, 3.63) is 83.2 Å². The summed E-state index contributed by atoms with van der Waals surface area (Å²) >= 11 is 5.91. The molecule has 0 radical (unpaired) electrons. The molecular formula is C22H14ClF3N8O. The zero-order valence-electron chi connectivity index (χ0n) is 17.8. The van der Waals surface area contributed by atoms with E-state index < -0.39 is 23.3 Å². The van der Waals surface area contributed by atoms with Crippen molar-refractivity contribution in [1.29, 1.82) is 0 Å². The molecule has 4 aromatic heterocycles. The number of pyridine rings is 2. The van der Waals surface area contributed by atoms with Gasteiger partial charge in [-0.25, -0.2) is 14.6 Å². The maximum atomic E-state index is 14.2. The van der Waals surface area contributed by atoms with Crippen LogP contribution in [0.1, 0.15) is 21.6 Å². The summed E-state index contributed by atoms with van der Waals surface area (Å²) in [6, 6.07) is 9.18. The summed E-state index contributed by atoms with van der Waals surface area (Å²) in [6.45, 7) is 1.71. The number of benzene rings is 1. The Kier molecular flexibility index (Phi) is 5.44. The molecule has 1 N–H and O–H groups in total. The number of carbonyl (C=O) groups is 1. The maximum Gasteiger partial charge on any atom is 0.434 e. The van der Waals surface area contributed by atoms with E-state index in [2.05, 4.69) is 30.6 Å². The normalized spacial score (nSPS) is 11.7. The van der Waals surface area contributed by atoms with Crippen LogP contribution in [0.25, 0.3) is 22.4 Å². The monoisotopic (exact) mass is 498 g/mol. The van der Waals surface area contributed by atoms with Crippen LogP contribution in [-0.2, 0) is 6.18 Å². The largest absolute Gasteiger partial charge is 0.434 e. The summed E-state index contributed by atoms with van der Waals surface area (Å²) < 4.78 is 43.2. The van der Waals surface area contributed by atoms with Gasteiger partial charge in [-0.1, -0.05) is 17.7 Å². The molecule has 0 fully saturated rings. The number of fused-ring (bicyclic) bond motifs is 1. The predicted molar refractivity (Wildman–Crippen MR) is 121 cm³/mol. The van der Waals surface area contributed by atoms with Crippen LogP contribution in [0.15, 0.2) is 61.2 Å². The molecule has 0 saturated carbocycles. The van der Waals surface area contributed by atoms with Crippen molar-refractivity contribution in [2.45, 2.75) is 13.1 Å². The molecule has 0 aliphatic rings. The Labute approximate surface area is 200 Å². The highest BCUT2D eigenvalue weighted by atomic mass is 35.5. The topological polar surface area (TPSA) is 103 Å². The van der Waals surface area contributed by atoms with Crippen LogP contribution < -0.4 is 5.32 Å². The molecule has 5 aromatic rings. The standard InChI is InChI=1S/C22H14ClF3N8O/c1-12-9-13(10-27-20(12)34-28-7-8-29-34)31-21(35)15-11-30-33(19(15)22(24,25)26)17-4-2-3-16-14(17)5-6-18(23)32-16/h2-11H,1H3,(H,31,35). The van der Waals surface area contributed by atoms with E-state index >= 15 is 0 Å². The molecular weight excluding hydrogens is 485 g/mol. The minimum Gasteiger partial charge on any atom is -0.320 e. The van der Waals surface area contributed by atoms with Crippen molar-refractivity contribution in [3.8, 4) is 11.5 Å².